The maximum Gasteiger partial charge on any atom is 0.196 e. The number of halogens is 2. The maximum absolute atomic E-state index is 12.5. The van der Waals surface area contributed by atoms with Gasteiger partial charge in [0.15, 0.2) is 17.3 Å². The van der Waals surface area contributed by atoms with Crippen molar-refractivity contribution in [2.45, 2.75) is 6.92 Å². The molecule has 0 saturated heterocycles. The average molecular weight is 435 g/mol. The van der Waals surface area contributed by atoms with Gasteiger partial charge in [0.1, 0.15) is 11.6 Å². The van der Waals surface area contributed by atoms with E-state index in [1.807, 2.05) is 0 Å². The summed E-state index contributed by atoms with van der Waals surface area (Å²) in [7, 11) is 1.48. The molecule has 8 heteroatoms. The third kappa shape index (κ3) is 4.52. The number of phenolic OH excluding ortho intramolecular Hbond substituents is 1. The molecule has 2 aromatic carbocycles. The van der Waals surface area contributed by atoms with Crippen LogP contribution < -0.4 is 4.74 Å². The fourth-order valence-electron chi connectivity index (χ4n) is 2.53. The molecule has 3 rings (SSSR count). The predicted molar refractivity (Wildman–Crippen MR) is 114 cm³/mol. The first kappa shape index (κ1) is 20.3. The zero-order valence-electron chi connectivity index (χ0n) is 15.1. The highest BCUT2D eigenvalue weighted by molar-refractivity contribution is 7.17. The van der Waals surface area contributed by atoms with Crippen molar-refractivity contribution in [3.05, 3.63) is 62.6 Å². The summed E-state index contributed by atoms with van der Waals surface area (Å²) < 4.78 is 5.00. The van der Waals surface area contributed by atoms with Crippen LogP contribution >= 0.6 is 34.5 Å². The number of thiazole rings is 1. The number of ether oxygens (including phenoxy) is 1. The standard InChI is InChI=1S/C20H16Cl2N2O3S/c1-11-19(28-20(24-11)14-5-4-13(21)8-15(14)22)17(26)10-23-9-12-3-6-18(27-2)16(25)7-12/h3-9,25H,10H2,1-2H3. The Morgan fingerprint density at radius 1 is 1.29 bits per heavy atom. The summed E-state index contributed by atoms with van der Waals surface area (Å²) in [5, 5.41) is 11.5. The lowest BCUT2D eigenvalue weighted by Gasteiger charge is -2.02. The molecule has 0 aliphatic heterocycles. The van der Waals surface area contributed by atoms with Gasteiger partial charge in [-0.25, -0.2) is 4.98 Å². The quantitative estimate of drug-likeness (QED) is 0.413. The summed E-state index contributed by atoms with van der Waals surface area (Å²) in [6, 6.07) is 10.1. The largest absolute Gasteiger partial charge is 0.504 e. The maximum atomic E-state index is 12.5. The number of phenols is 1. The highest BCUT2D eigenvalue weighted by Gasteiger charge is 2.17. The molecule has 28 heavy (non-hydrogen) atoms. The first-order valence-corrected chi connectivity index (χ1v) is 9.79. The van der Waals surface area contributed by atoms with E-state index in [-0.39, 0.29) is 18.1 Å². The van der Waals surface area contributed by atoms with Gasteiger partial charge >= 0.3 is 0 Å². The van der Waals surface area contributed by atoms with E-state index in [9.17, 15) is 9.90 Å². The van der Waals surface area contributed by atoms with Gasteiger partial charge in [0.25, 0.3) is 0 Å². The van der Waals surface area contributed by atoms with Crippen LogP contribution in [-0.2, 0) is 0 Å². The molecule has 0 amide bonds. The van der Waals surface area contributed by atoms with E-state index in [4.69, 9.17) is 27.9 Å². The molecular formula is C20H16Cl2N2O3S. The number of carbonyl (C=O) groups is 1. The second-order valence-electron chi connectivity index (χ2n) is 5.88. The number of aliphatic imine (C=N–C) groups is 1. The Hall–Kier alpha value is -2.41. The predicted octanol–water partition coefficient (Wildman–Crippen LogP) is 5.44. The molecular weight excluding hydrogens is 419 g/mol. The minimum absolute atomic E-state index is 0.0144. The van der Waals surface area contributed by atoms with Crippen LogP contribution in [0.25, 0.3) is 10.6 Å². The second-order valence-corrected chi connectivity index (χ2v) is 7.72. The van der Waals surface area contributed by atoms with Crippen LogP contribution in [0.5, 0.6) is 11.5 Å². The number of hydrogen-bond acceptors (Lipinski definition) is 6. The van der Waals surface area contributed by atoms with Gasteiger partial charge in [0.2, 0.25) is 0 Å². The summed E-state index contributed by atoms with van der Waals surface area (Å²) in [5.74, 6) is 0.253. The first-order valence-electron chi connectivity index (χ1n) is 8.22. The van der Waals surface area contributed by atoms with E-state index < -0.39 is 0 Å². The van der Waals surface area contributed by atoms with Gasteiger partial charge in [-0.3, -0.25) is 9.79 Å². The third-order valence-electron chi connectivity index (χ3n) is 3.89. The van der Waals surface area contributed by atoms with Crippen LogP contribution in [0.3, 0.4) is 0 Å². The van der Waals surface area contributed by atoms with Crippen LogP contribution in [0.4, 0.5) is 0 Å². The molecule has 0 aliphatic rings. The van der Waals surface area contributed by atoms with Crippen molar-refractivity contribution < 1.29 is 14.6 Å². The third-order valence-corrected chi connectivity index (χ3v) is 5.67. The number of nitrogens with zero attached hydrogens (tertiary/aromatic N) is 2. The van der Waals surface area contributed by atoms with E-state index in [0.717, 1.165) is 5.56 Å². The Bertz CT molecular complexity index is 1060. The first-order chi connectivity index (χ1) is 13.4. The number of rotatable bonds is 6. The average Bonchev–Trinajstić information content (AvgIpc) is 3.03. The molecule has 0 spiro atoms. The summed E-state index contributed by atoms with van der Waals surface area (Å²) in [4.78, 5) is 21.7. The van der Waals surface area contributed by atoms with Gasteiger partial charge < -0.3 is 9.84 Å². The summed E-state index contributed by atoms with van der Waals surface area (Å²) in [6.07, 6.45) is 1.53. The molecule has 5 nitrogen and oxygen atoms in total. The van der Waals surface area contributed by atoms with E-state index in [2.05, 4.69) is 9.98 Å². The van der Waals surface area contributed by atoms with Gasteiger partial charge in [-0.15, -0.1) is 11.3 Å². The van der Waals surface area contributed by atoms with Gasteiger partial charge in [-0.2, -0.15) is 0 Å². The van der Waals surface area contributed by atoms with Crippen molar-refractivity contribution in [2.75, 3.05) is 13.7 Å². The fraction of sp³-hybridized carbons (Fsp3) is 0.150. The van der Waals surface area contributed by atoms with Crippen LogP contribution in [0, 0.1) is 6.92 Å². The number of Topliss-reactive ketones (excluding diaryl/α,β-unsaturated/α-hetero) is 1. The van der Waals surface area contributed by atoms with Crippen molar-refractivity contribution in [1.29, 1.82) is 0 Å². The van der Waals surface area contributed by atoms with E-state index in [0.29, 0.717) is 36.9 Å². The second kappa shape index (κ2) is 8.73. The molecule has 1 aromatic heterocycles. The number of ketones is 1. The molecule has 0 unspecified atom stereocenters. The monoisotopic (exact) mass is 434 g/mol. The minimum atomic E-state index is -0.139. The van der Waals surface area contributed by atoms with E-state index in [1.165, 1.54) is 30.7 Å². The molecule has 0 bridgehead atoms. The molecule has 144 valence electrons. The Balaban J connectivity index is 1.74. The van der Waals surface area contributed by atoms with Crippen molar-refractivity contribution in [2.24, 2.45) is 4.99 Å². The SMILES string of the molecule is COc1ccc(C=NCC(=O)c2sc(-c3ccc(Cl)cc3Cl)nc2C)cc1O. The van der Waals surface area contributed by atoms with Crippen LogP contribution in [-0.4, -0.2) is 35.7 Å². The van der Waals surface area contributed by atoms with Crippen LogP contribution in [0.15, 0.2) is 41.4 Å². The van der Waals surface area contributed by atoms with Gasteiger partial charge in [0.05, 0.1) is 22.7 Å². The smallest absolute Gasteiger partial charge is 0.196 e. The van der Waals surface area contributed by atoms with Crippen molar-refractivity contribution in [3.63, 3.8) is 0 Å². The number of benzene rings is 2. The summed E-state index contributed by atoms with van der Waals surface area (Å²) in [6.45, 7) is 1.76. The molecule has 3 aromatic rings. The topological polar surface area (TPSA) is 71.8 Å². The fourth-order valence-corrected chi connectivity index (χ4v) is 4.12. The minimum Gasteiger partial charge on any atom is -0.504 e. The Labute approximate surface area is 176 Å². The number of aromatic nitrogens is 1. The number of hydrogen-bond donors (Lipinski definition) is 1. The van der Waals surface area contributed by atoms with Crippen LogP contribution in [0.1, 0.15) is 20.9 Å². The summed E-state index contributed by atoms with van der Waals surface area (Å²) in [5.41, 5.74) is 2.03. The lowest BCUT2D eigenvalue weighted by molar-refractivity contribution is 0.100. The lowest BCUT2D eigenvalue weighted by Crippen LogP contribution is -2.03. The Morgan fingerprint density at radius 3 is 2.75 bits per heavy atom. The summed E-state index contributed by atoms with van der Waals surface area (Å²) >= 11 is 13.4. The van der Waals surface area contributed by atoms with Crippen molar-refractivity contribution in [1.82, 2.24) is 4.98 Å². The number of aromatic hydroxyl groups is 1. The van der Waals surface area contributed by atoms with Gasteiger partial charge in [0, 0.05) is 16.8 Å². The molecule has 0 aliphatic carbocycles. The number of carbonyl (C=O) groups excluding carboxylic acids is 1. The Morgan fingerprint density at radius 2 is 2.07 bits per heavy atom. The highest BCUT2D eigenvalue weighted by Crippen LogP contribution is 2.34. The number of methoxy groups -OCH3 is 1. The molecule has 1 heterocycles. The van der Waals surface area contributed by atoms with Crippen molar-refractivity contribution in [3.8, 4) is 22.1 Å². The molecule has 1 N–H and O–H groups in total. The van der Waals surface area contributed by atoms with Gasteiger partial charge in [-0.05, 0) is 48.9 Å². The normalized spacial score (nSPS) is 11.1. The van der Waals surface area contributed by atoms with Crippen molar-refractivity contribution >= 4 is 46.5 Å². The van der Waals surface area contributed by atoms with Crippen LogP contribution in [0.2, 0.25) is 10.0 Å². The Kier molecular flexibility index (Phi) is 6.34. The molecule has 0 saturated carbocycles. The molecule has 0 atom stereocenters. The van der Waals surface area contributed by atoms with Gasteiger partial charge in [-0.1, -0.05) is 23.2 Å². The highest BCUT2D eigenvalue weighted by atomic mass is 35.5. The zero-order valence-corrected chi connectivity index (χ0v) is 17.4. The zero-order chi connectivity index (χ0) is 20.3. The molecule has 0 radical (unpaired) electrons. The molecule has 0 fully saturated rings. The van der Waals surface area contributed by atoms with E-state index in [1.54, 1.807) is 37.3 Å². The van der Waals surface area contributed by atoms with E-state index >= 15 is 0 Å². The lowest BCUT2D eigenvalue weighted by atomic mass is 10.2. The number of aryl methyl sites for hydroxylation is 1.